The van der Waals surface area contributed by atoms with Crippen LogP contribution in [0.4, 0.5) is 0 Å². The third kappa shape index (κ3) is 4.77. The molecule has 3 aromatic rings. The maximum atomic E-state index is 6.49. The lowest BCUT2D eigenvalue weighted by atomic mass is 9.86. The van der Waals surface area contributed by atoms with Gasteiger partial charge >= 0.3 is 0 Å². The average Bonchev–Trinajstić information content (AvgIpc) is 3.54. The highest BCUT2D eigenvalue weighted by molar-refractivity contribution is 14.0. The molecule has 0 amide bonds. The van der Waals surface area contributed by atoms with Gasteiger partial charge in [0.05, 0.1) is 12.3 Å². The normalized spacial score (nSPS) is 19.2. The van der Waals surface area contributed by atoms with Crippen LogP contribution in [-0.4, -0.2) is 33.3 Å². The first-order chi connectivity index (χ1) is 15.2. The Labute approximate surface area is 204 Å². The molecule has 1 spiro atoms. The molecule has 1 fully saturated rings. The quantitative estimate of drug-likeness (QED) is 0.245. The SMILES string of the molecule is CCNC(=NCc1nc(-c2ccco2)n[nH]1)NC1CC2(CCCC2)Oc2ccccc21.I. The smallest absolute Gasteiger partial charge is 0.216 e. The molecule has 2 aromatic heterocycles. The van der Waals surface area contributed by atoms with Crippen molar-refractivity contribution in [2.24, 2.45) is 4.99 Å². The monoisotopic (exact) mass is 548 g/mol. The van der Waals surface area contributed by atoms with Crippen LogP contribution >= 0.6 is 24.0 Å². The zero-order valence-electron chi connectivity index (χ0n) is 18.1. The Kier molecular flexibility index (Phi) is 7.02. The topological polar surface area (TPSA) is 100 Å². The van der Waals surface area contributed by atoms with E-state index in [4.69, 9.17) is 14.1 Å². The minimum atomic E-state index is -0.0633. The van der Waals surface area contributed by atoms with Crippen LogP contribution in [0.15, 0.2) is 52.1 Å². The third-order valence-electron chi connectivity index (χ3n) is 6.03. The third-order valence-corrected chi connectivity index (χ3v) is 6.03. The number of H-pyrrole nitrogens is 1. The molecule has 32 heavy (non-hydrogen) atoms. The van der Waals surface area contributed by atoms with E-state index in [-0.39, 0.29) is 35.6 Å². The van der Waals surface area contributed by atoms with Crippen molar-refractivity contribution < 1.29 is 9.15 Å². The van der Waals surface area contributed by atoms with Gasteiger partial charge in [0.2, 0.25) is 5.82 Å². The Hall–Kier alpha value is -2.56. The summed E-state index contributed by atoms with van der Waals surface area (Å²) in [7, 11) is 0. The number of rotatable bonds is 5. The van der Waals surface area contributed by atoms with Crippen LogP contribution < -0.4 is 15.4 Å². The number of ether oxygens (including phenoxy) is 1. The number of furan rings is 1. The van der Waals surface area contributed by atoms with E-state index in [9.17, 15) is 0 Å². The maximum Gasteiger partial charge on any atom is 0.216 e. The Morgan fingerprint density at radius 3 is 2.84 bits per heavy atom. The highest BCUT2D eigenvalue weighted by Crippen LogP contribution is 2.46. The van der Waals surface area contributed by atoms with Gasteiger partial charge in [-0.25, -0.2) is 9.98 Å². The van der Waals surface area contributed by atoms with Crippen molar-refractivity contribution in [2.75, 3.05) is 6.54 Å². The lowest BCUT2D eigenvalue weighted by Gasteiger charge is -2.40. The predicted octanol–water partition coefficient (Wildman–Crippen LogP) is 4.57. The second-order valence-electron chi connectivity index (χ2n) is 8.21. The predicted molar refractivity (Wildman–Crippen MR) is 133 cm³/mol. The van der Waals surface area contributed by atoms with Gasteiger partial charge in [0.1, 0.15) is 23.7 Å². The Balaban J connectivity index is 0.00000245. The first-order valence-corrected chi connectivity index (χ1v) is 11.0. The fraction of sp³-hybridized carbons (Fsp3) is 0.435. The molecule has 9 heteroatoms. The number of nitrogens with one attached hydrogen (secondary N) is 3. The fourth-order valence-corrected chi connectivity index (χ4v) is 4.59. The molecule has 0 saturated heterocycles. The molecule has 2 aliphatic rings. The van der Waals surface area contributed by atoms with Crippen molar-refractivity contribution in [3.8, 4) is 17.3 Å². The molecule has 1 aliphatic carbocycles. The van der Waals surface area contributed by atoms with Crippen LogP contribution in [0.3, 0.4) is 0 Å². The molecular weight excluding hydrogens is 519 g/mol. The van der Waals surface area contributed by atoms with Gasteiger partial charge < -0.3 is 19.8 Å². The van der Waals surface area contributed by atoms with E-state index in [1.165, 1.54) is 18.4 Å². The number of aromatic amines is 1. The van der Waals surface area contributed by atoms with Crippen molar-refractivity contribution >= 4 is 29.9 Å². The van der Waals surface area contributed by atoms with Crippen LogP contribution in [-0.2, 0) is 6.54 Å². The molecule has 8 nitrogen and oxygen atoms in total. The van der Waals surface area contributed by atoms with E-state index in [2.05, 4.69) is 50.9 Å². The number of aromatic nitrogens is 3. The molecule has 5 rings (SSSR count). The van der Waals surface area contributed by atoms with Crippen LogP contribution in [0, 0.1) is 0 Å². The lowest BCUT2D eigenvalue weighted by molar-refractivity contribution is 0.0396. The minimum absolute atomic E-state index is 0. The molecule has 3 N–H and O–H groups in total. The number of fused-ring (bicyclic) bond motifs is 1. The standard InChI is InChI=1S/C23H28N6O2.HI/c1-2-24-22(25-15-20-27-21(29-28-20)19-10-7-13-30-19)26-17-14-23(11-5-6-12-23)31-18-9-4-3-8-16(17)18;/h3-4,7-10,13,17H,2,5-6,11-12,14-15H2,1H3,(H2,24,25,26)(H,27,28,29);1H. The number of halogens is 1. The highest BCUT2D eigenvalue weighted by atomic mass is 127. The molecule has 1 aromatic carbocycles. The van der Waals surface area contributed by atoms with E-state index in [1.54, 1.807) is 6.26 Å². The average molecular weight is 548 g/mol. The second-order valence-corrected chi connectivity index (χ2v) is 8.21. The summed E-state index contributed by atoms with van der Waals surface area (Å²) in [6.07, 6.45) is 7.24. The highest BCUT2D eigenvalue weighted by Gasteiger charge is 2.43. The first-order valence-electron chi connectivity index (χ1n) is 11.0. The van der Waals surface area contributed by atoms with Gasteiger partial charge in [-0.15, -0.1) is 29.1 Å². The molecule has 0 bridgehead atoms. The van der Waals surface area contributed by atoms with Gasteiger partial charge in [-0.3, -0.25) is 5.10 Å². The van der Waals surface area contributed by atoms with Crippen molar-refractivity contribution in [2.45, 2.75) is 57.2 Å². The molecule has 170 valence electrons. The number of aliphatic imine (C=N–C) groups is 1. The van der Waals surface area contributed by atoms with Crippen LogP contribution in [0.2, 0.25) is 0 Å². The van der Waals surface area contributed by atoms with Gasteiger partial charge in [-0.05, 0) is 50.8 Å². The number of para-hydroxylation sites is 1. The van der Waals surface area contributed by atoms with Gasteiger partial charge in [-0.2, -0.15) is 0 Å². The van der Waals surface area contributed by atoms with Gasteiger partial charge in [0.15, 0.2) is 11.7 Å². The summed E-state index contributed by atoms with van der Waals surface area (Å²) in [6, 6.07) is 12.1. The molecular formula is C23H29IN6O2. The molecule has 1 unspecified atom stereocenters. The summed E-state index contributed by atoms with van der Waals surface area (Å²) >= 11 is 0. The van der Waals surface area contributed by atoms with Crippen molar-refractivity contribution in [1.82, 2.24) is 25.8 Å². The van der Waals surface area contributed by atoms with Gasteiger partial charge in [-0.1, -0.05) is 18.2 Å². The number of nitrogens with zero attached hydrogens (tertiary/aromatic N) is 3. The summed E-state index contributed by atoms with van der Waals surface area (Å²) < 4.78 is 11.8. The van der Waals surface area contributed by atoms with Crippen LogP contribution in [0.5, 0.6) is 5.75 Å². The second kappa shape index (κ2) is 9.93. The Bertz CT molecular complexity index is 1040. The molecule has 1 aliphatic heterocycles. The van der Waals surface area contributed by atoms with E-state index in [0.29, 0.717) is 24.0 Å². The van der Waals surface area contributed by atoms with Crippen molar-refractivity contribution in [3.05, 3.63) is 54.0 Å². The van der Waals surface area contributed by atoms with Crippen molar-refractivity contribution in [1.29, 1.82) is 0 Å². The lowest BCUT2D eigenvalue weighted by Crippen LogP contribution is -2.46. The molecule has 1 atom stereocenters. The number of benzene rings is 1. The Morgan fingerprint density at radius 1 is 1.22 bits per heavy atom. The first kappa shape index (κ1) is 22.6. The molecule has 1 saturated carbocycles. The van der Waals surface area contributed by atoms with Crippen LogP contribution in [0.1, 0.15) is 56.5 Å². The minimum Gasteiger partial charge on any atom is -0.487 e. The largest absolute Gasteiger partial charge is 0.487 e. The summed E-state index contributed by atoms with van der Waals surface area (Å²) in [5.41, 5.74) is 1.12. The van der Waals surface area contributed by atoms with Gasteiger partial charge in [0, 0.05) is 18.5 Å². The number of guanidine groups is 1. The zero-order chi connectivity index (χ0) is 21.1. The summed E-state index contributed by atoms with van der Waals surface area (Å²) in [5.74, 6) is 3.60. The van der Waals surface area contributed by atoms with Gasteiger partial charge in [0.25, 0.3) is 0 Å². The summed E-state index contributed by atoms with van der Waals surface area (Å²) in [6.45, 7) is 3.23. The summed E-state index contributed by atoms with van der Waals surface area (Å²) in [5, 5.41) is 14.2. The molecule has 0 radical (unpaired) electrons. The Morgan fingerprint density at radius 2 is 2.06 bits per heavy atom. The van der Waals surface area contributed by atoms with E-state index < -0.39 is 0 Å². The number of hydrogen-bond donors (Lipinski definition) is 3. The van der Waals surface area contributed by atoms with E-state index >= 15 is 0 Å². The molecule has 3 heterocycles. The fourth-order valence-electron chi connectivity index (χ4n) is 4.59. The number of hydrogen-bond acceptors (Lipinski definition) is 5. The van der Waals surface area contributed by atoms with Crippen molar-refractivity contribution in [3.63, 3.8) is 0 Å². The van der Waals surface area contributed by atoms with E-state index in [0.717, 1.165) is 37.5 Å². The maximum absolute atomic E-state index is 6.49. The zero-order valence-corrected chi connectivity index (χ0v) is 20.5. The van der Waals surface area contributed by atoms with E-state index in [1.807, 2.05) is 18.2 Å². The van der Waals surface area contributed by atoms with Crippen LogP contribution in [0.25, 0.3) is 11.6 Å². The summed E-state index contributed by atoms with van der Waals surface area (Å²) in [4.78, 5) is 9.23.